The number of nitrogens with one attached hydrogen (secondary N) is 1. The van der Waals surface area contributed by atoms with Crippen molar-refractivity contribution in [1.29, 1.82) is 0 Å². The van der Waals surface area contributed by atoms with Crippen molar-refractivity contribution in [1.82, 2.24) is 14.5 Å². The molecule has 27 heavy (non-hydrogen) atoms. The monoisotopic (exact) mass is 364 g/mol. The number of pyridine rings is 1. The number of hydrogen-bond donors (Lipinski definition) is 1. The Morgan fingerprint density at radius 2 is 2.07 bits per heavy atom. The second-order valence-corrected chi connectivity index (χ2v) is 6.91. The molecular formula is C20H20N4O3. The van der Waals surface area contributed by atoms with Gasteiger partial charge in [-0.3, -0.25) is 4.79 Å². The zero-order valence-corrected chi connectivity index (χ0v) is 14.9. The number of fused-ring (bicyclic) bond motifs is 2. The SMILES string of the molecule is O=C(Nc1cccc2c1OCC2)c1cnc2c(c1)ncn2C1CCOCC1. The molecule has 0 unspecified atom stereocenters. The smallest absolute Gasteiger partial charge is 0.257 e. The number of imidazole rings is 1. The number of para-hydroxylation sites is 1. The number of carbonyl (C=O) groups excluding carboxylic acids is 1. The van der Waals surface area contributed by atoms with Gasteiger partial charge in [0.2, 0.25) is 0 Å². The van der Waals surface area contributed by atoms with Crippen molar-refractivity contribution in [3.63, 3.8) is 0 Å². The summed E-state index contributed by atoms with van der Waals surface area (Å²) in [5.41, 5.74) is 3.83. The Bertz CT molecular complexity index is 1010. The first-order chi connectivity index (χ1) is 13.3. The third-order valence-electron chi connectivity index (χ3n) is 5.22. The third kappa shape index (κ3) is 2.94. The molecule has 5 rings (SSSR count). The van der Waals surface area contributed by atoms with Gasteiger partial charge in [-0.25, -0.2) is 9.97 Å². The fourth-order valence-corrected chi connectivity index (χ4v) is 3.78. The summed E-state index contributed by atoms with van der Waals surface area (Å²) >= 11 is 0. The van der Waals surface area contributed by atoms with Crippen LogP contribution in [0.5, 0.6) is 5.75 Å². The highest BCUT2D eigenvalue weighted by molar-refractivity contribution is 6.06. The number of amides is 1. The minimum atomic E-state index is -0.214. The van der Waals surface area contributed by atoms with Crippen LogP contribution in [0.1, 0.15) is 34.8 Å². The minimum absolute atomic E-state index is 0.214. The van der Waals surface area contributed by atoms with Crippen LogP contribution in [0.25, 0.3) is 11.2 Å². The zero-order chi connectivity index (χ0) is 18.2. The molecule has 0 spiro atoms. The van der Waals surface area contributed by atoms with Gasteiger partial charge in [-0.05, 0) is 30.5 Å². The summed E-state index contributed by atoms with van der Waals surface area (Å²) in [6.07, 6.45) is 6.20. The number of anilines is 1. The van der Waals surface area contributed by atoms with Gasteiger partial charge in [0.05, 0.1) is 24.2 Å². The lowest BCUT2D eigenvalue weighted by atomic mass is 10.1. The van der Waals surface area contributed by atoms with Crippen LogP contribution in [0.4, 0.5) is 5.69 Å². The lowest BCUT2D eigenvalue weighted by Crippen LogP contribution is -2.19. The number of nitrogens with zero attached hydrogens (tertiary/aromatic N) is 3. The molecular weight excluding hydrogens is 344 g/mol. The summed E-state index contributed by atoms with van der Waals surface area (Å²) in [4.78, 5) is 21.7. The highest BCUT2D eigenvalue weighted by atomic mass is 16.5. The molecule has 1 aromatic carbocycles. The topological polar surface area (TPSA) is 78.3 Å². The van der Waals surface area contributed by atoms with E-state index in [0.717, 1.165) is 55.0 Å². The van der Waals surface area contributed by atoms with E-state index in [1.807, 2.05) is 24.5 Å². The maximum absolute atomic E-state index is 12.7. The number of benzene rings is 1. The normalized spacial score (nSPS) is 16.9. The standard InChI is InChI=1S/C20H20N4O3/c25-20(23-16-3-1-2-13-4-9-27-18(13)16)14-10-17-19(21-11-14)24(12-22-17)15-5-7-26-8-6-15/h1-3,10-12,15H,4-9H2,(H,23,25). The summed E-state index contributed by atoms with van der Waals surface area (Å²) in [5.74, 6) is 0.553. The van der Waals surface area contributed by atoms with Crippen molar-refractivity contribution in [2.45, 2.75) is 25.3 Å². The van der Waals surface area contributed by atoms with Crippen molar-refractivity contribution in [3.8, 4) is 5.75 Å². The average molecular weight is 364 g/mol. The first kappa shape index (κ1) is 16.3. The molecule has 138 valence electrons. The van der Waals surface area contributed by atoms with Crippen molar-refractivity contribution in [2.75, 3.05) is 25.1 Å². The molecule has 7 nitrogen and oxygen atoms in total. The average Bonchev–Trinajstić information content (AvgIpc) is 3.35. The van der Waals surface area contributed by atoms with Crippen LogP contribution in [-0.2, 0) is 11.2 Å². The van der Waals surface area contributed by atoms with E-state index in [-0.39, 0.29) is 5.91 Å². The van der Waals surface area contributed by atoms with Crippen LogP contribution in [0.3, 0.4) is 0 Å². The zero-order valence-electron chi connectivity index (χ0n) is 14.9. The van der Waals surface area contributed by atoms with Crippen molar-refractivity contribution < 1.29 is 14.3 Å². The molecule has 0 saturated carbocycles. The van der Waals surface area contributed by atoms with E-state index < -0.39 is 0 Å². The van der Waals surface area contributed by atoms with Gasteiger partial charge < -0.3 is 19.4 Å². The second-order valence-electron chi connectivity index (χ2n) is 6.91. The Balaban J connectivity index is 1.40. The molecule has 4 heterocycles. The van der Waals surface area contributed by atoms with Gasteiger partial charge in [-0.1, -0.05) is 12.1 Å². The Morgan fingerprint density at radius 3 is 2.96 bits per heavy atom. The maximum Gasteiger partial charge on any atom is 0.257 e. The van der Waals surface area contributed by atoms with E-state index in [0.29, 0.717) is 23.9 Å². The highest BCUT2D eigenvalue weighted by Gasteiger charge is 2.21. The van der Waals surface area contributed by atoms with Crippen LogP contribution in [0, 0.1) is 0 Å². The van der Waals surface area contributed by atoms with Crippen LogP contribution >= 0.6 is 0 Å². The predicted octanol–water partition coefficient (Wildman–Crippen LogP) is 2.97. The summed E-state index contributed by atoms with van der Waals surface area (Å²) in [5, 5.41) is 2.94. The molecule has 0 bridgehead atoms. The summed E-state index contributed by atoms with van der Waals surface area (Å²) in [6, 6.07) is 7.94. The van der Waals surface area contributed by atoms with Gasteiger partial charge in [0.1, 0.15) is 11.3 Å². The van der Waals surface area contributed by atoms with Crippen molar-refractivity contribution >= 4 is 22.8 Å². The molecule has 0 radical (unpaired) electrons. The fraction of sp³-hybridized carbons (Fsp3) is 0.350. The van der Waals surface area contributed by atoms with E-state index in [1.54, 1.807) is 12.3 Å². The first-order valence-corrected chi connectivity index (χ1v) is 9.26. The van der Waals surface area contributed by atoms with Gasteiger partial charge in [-0.15, -0.1) is 0 Å². The van der Waals surface area contributed by atoms with Gasteiger partial charge in [0.25, 0.3) is 5.91 Å². The van der Waals surface area contributed by atoms with Crippen LogP contribution < -0.4 is 10.1 Å². The first-order valence-electron chi connectivity index (χ1n) is 9.26. The Morgan fingerprint density at radius 1 is 1.19 bits per heavy atom. The number of hydrogen-bond acceptors (Lipinski definition) is 5. The quantitative estimate of drug-likeness (QED) is 0.773. The molecule has 3 aromatic rings. The lowest BCUT2D eigenvalue weighted by molar-refractivity contribution is 0.0704. The highest BCUT2D eigenvalue weighted by Crippen LogP contribution is 2.33. The number of aromatic nitrogens is 3. The summed E-state index contributed by atoms with van der Waals surface area (Å²) < 4.78 is 13.2. The molecule has 7 heteroatoms. The molecule has 2 aromatic heterocycles. The van der Waals surface area contributed by atoms with Gasteiger partial charge in [0.15, 0.2) is 5.65 Å². The largest absolute Gasteiger partial charge is 0.491 e. The van der Waals surface area contributed by atoms with Gasteiger partial charge in [-0.2, -0.15) is 0 Å². The molecule has 0 aliphatic carbocycles. The van der Waals surface area contributed by atoms with Crippen LogP contribution in [0.2, 0.25) is 0 Å². The third-order valence-corrected chi connectivity index (χ3v) is 5.22. The lowest BCUT2D eigenvalue weighted by Gasteiger charge is -2.23. The number of rotatable bonds is 3. The number of ether oxygens (including phenoxy) is 2. The van der Waals surface area contributed by atoms with Crippen LogP contribution in [0.15, 0.2) is 36.8 Å². The van der Waals surface area contributed by atoms with Crippen molar-refractivity contribution in [3.05, 3.63) is 47.9 Å². The molecule has 1 amide bonds. The molecule has 0 atom stereocenters. The summed E-state index contributed by atoms with van der Waals surface area (Å²) in [7, 11) is 0. The van der Waals surface area contributed by atoms with Crippen molar-refractivity contribution in [2.24, 2.45) is 0 Å². The van der Waals surface area contributed by atoms with E-state index in [9.17, 15) is 4.79 Å². The molecule has 1 fully saturated rings. The maximum atomic E-state index is 12.7. The Labute approximate surface area is 156 Å². The minimum Gasteiger partial charge on any atom is -0.491 e. The van der Waals surface area contributed by atoms with E-state index in [4.69, 9.17) is 9.47 Å². The molecule has 2 aliphatic heterocycles. The molecule has 1 saturated heterocycles. The van der Waals surface area contributed by atoms with Gasteiger partial charge in [0, 0.05) is 31.9 Å². The van der Waals surface area contributed by atoms with Gasteiger partial charge >= 0.3 is 0 Å². The number of carbonyl (C=O) groups is 1. The van der Waals surface area contributed by atoms with E-state index >= 15 is 0 Å². The second kappa shape index (κ2) is 6.66. The molecule has 2 aliphatic rings. The summed E-state index contributed by atoms with van der Waals surface area (Å²) in [6.45, 7) is 2.17. The Hall–Kier alpha value is -2.93. The van der Waals surface area contributed by atoms with E-state index in [1.165, 1.54) is 0 Å². The van der Waals surface area contributed by atoms with E-state index in [2.05, 4.69) is 19.9 Å². The molecule has 1 N–H and O–H groups in total. The predicted molar refractivity (Wildman–Crippen MR) is 100 cm³/mol. The van der Waals surface area contributed by atoms with Crippen LogP contribution in [-0.4, -0.2) is 40.3 Å². The Kier molecular flexibility index (Phi) is 4.01. The fourth-order valence-electron chi connectivity index (χ4n) is 3.78.